The van der Waals surface area contributed by atoms with Crippen LogP contribution < -0.4 is 4.90 Å². The molecule has 0 spiro atoms. The summed E-state index contributed by atoms with van der Waals surface area (Å²) in [5.74, 6) is 0.183. The van der Waals surface area contributed by atoms with Crippen molar-refractivity contribution in [1.82, 2.24) is 0 Å². The van der Waals surface area contributed by atoms with Crippen molar-refractivity contribution in [2.24, 2.45) is 0 Å². The number of non-ortho nitro benzene ring substituents is 1. The van der Waals surface area contributed by atoms with Gasteiger partial charge in [-0.15, -0.1) is 11.8 Å². The summed E-state index contributed by atoms with van der Waals surface area (Å²) in [7, 11) is 0. The molecule has 2 heterocycles. The summed E-state index contributed by atoms with van der Waals surface area (Å²) in [5.41, 5.74) is 2.94. The van der Waals surface area contributed by atoms with Crippen LogP contribution in [0.25, 0.3) is 5.57 Å². The molecular weight excluding hydrogens is 416 g/mol. The number of imide groups is 1. The average molecular weight is 434 g/mol. The summed E-state index contributed by atoms with van der Waals surface area (Å²) in [4.78, 5) is 38.8. The summed E-state index contributed by atoms with van der Waals surface area (Å²) in [6.45, 7) is 3.78. The van der Waals surface area contributed by atoms with Crippen LogP contribution in [0.1, 0.15) is 22.5 Å². The molecule has 1 aliphatic rings. The van der Waals surface area contributed by atoms with Gasteiger partial charge in [-0.2, -0.15) is 0 Å². The van der Waals surface area contributed by atoms with Crippen LogP contribution in [0.4, 0.5) is 11.4 Å². The Balaban J connectivity index is 1.78. The maximum absolute atomic E-state index is 13.4. The van der Waals surface area contributed by atoms with Gasteiger partial charge in [-0.05, 0) is 60.9 Å². The minimum Gasteiger partial charge on any atom is -0.468 e. The van der Waals surface area contributed by atoms with Crippen LogP contribution in [-0.2, 0) is 15.3 Å². The number of aryl methyl sites for hydroxylation is 1. The summed E-state index contributed by atoms with van der Waals surface area (Å²) < 4.78 is 5.36. The van der Waals surface area contributed by atoms with E-state index in [1.54, 1.807) is 30.5 Å². The van der Waals surface area contributed by atoms with Crippen molar-refractivity contribution in [2.45, 2.75) is 19.6 Å². The van der Waals surface area contributed by atoms with Crippen LogP contribution in [0.2, 0.25) is 0 Å². The zero-order chi connectivity index (χ0) is 22.1. The van der Waals surface area contributed by atoms with E-state index in [1.807, 2.05) is 19.9 Å². The van der Waals surface area contributed by atoms with E-state index in [2.05, 4.69) is 0 Å². The molecule has 7 nitrogen and oxygen atoms in total. The minimum absolute atomic E-state index is 0.0858. The van der Waals surface area contributed by atoms with Crippen molar-refractivity contribution in [2.75, 3.05) is 4.90 Å². The first-order chi connectivity index (χ1) is 14.9. The molecule has 1 aromatic heterocycles. The van der Waals surface area contributed by atoms with E-state index < -0.39 is 16.7 Å². The molecule has 3 aromatic rings. The fourth-order valence-electron chi connectivity index (χ4n) is 3.38. The molecule has 0 saturated heterocycles. The highest BCUT2D eigenvalue weighted by Gasteiger charge is 2.41. The monoisotopic (exact) mass is 434 g/mol. The number of hydrogen-bond donors (Lipinski definition) is 0. The Bertz CT molecular complexity index is 1210. The third kappa shape index (κ3) is 3.77. The molecule has 156 valence electrons. The lowest BCUT2D eigenvalue weighted by Gasteiger charge is -2.19. The maximum atomic E-state index is 13.4. The Labute approximate surface area is 182 Å². The van der Waals surface area contributed by atoms with Gasteiger partial charge in [-0.1, -0.05) is 12.1 Å². The third-order valence-corrected chi connectivity index (χ3v) is 6.26. The Kier molecular flexibility index (Phi) is 5.48. The van der Waals surface area contributed by atoms with Crippen molar-refractivity contribution in [3.05, 3.63) is 98.3 Å². The Morgan fingerprint density at radius 1 is 1.00 bits per heavy atom. The van der Waals surface area contributed by atoms with Gasteiger partial charge < -0.3 is 4.42 Å². The quantitative estimate of drug-likeness (QED) is 0.307. The predicted octanol–water partition coefficient (Wildman–Crippen LogP) is 5.02. The van der Waals surface area contributed by atoms with Gasteiger partial charge >= 0.3 is 0 Å². The SMILES string of the molecule is Cc1cccc(N2C(=O)C(SCc3ccco3)=C(c3ccc([N+](=O)[O-])cc3)C2=O)c1C. The zero-order valence-electron chi connectivity index (χ0n) is 16.8. The number of nitrogens with zero attached hydrogens (tertiary/aromatic N) is 2. The average Bonchev–Trinajstić information content (AvgIpc) is 3.35. The summed E-state index contributed by atoms with van der Waals surface area (Å²) >= 11 is 1.22. The molecule has 0 aliphatic carbocycles. The number of anilines is 1. The van der Waals surface area contributed by atoms with Crippen molar-refractivity contribution in [3.63, 3.8) is 0 Å². The number of nitro groups is 1. The second-order valence-corrected chi connectivity index (χ2v) is 8.03. The lowest BCUT2D eigenvalue weighted by Crippen LogP contribution is -2.32. The van der Waals surface area contributed by atoms with Gasteiger partial charge in [-0.3, -0.25) is 19.7 Å². The molecule has 2 amide bonds. The van der Waals surface area contributed by atoms with Gasteiger partial charge in [0.05, 0.1) is 33.1 Å². The molecule has 1 aliphatic heterocycles. The molecule has 2 aromatic carbocycles. The van der Waals surface area contributed by atoms with Gasteiger partial charge in [0.1, 0.15) is 5.76 Å². The Morgan fingerprint density at radius 3 is 2.39 bits per heavy atom. The third-order valence-electron chi connectivity index (χ3n) is 5.16. The molecule has 0 saturated carbocycles. The van der Waals surface area contributed by atoms with Crippen molar-refractivity contribution >= 4 is 40.5 Å². The number of carbonyl (C=O) groups is 2. The highest BCUT2D eigenvalue weighted by molar-refractivity contribution is 8.03. The van der Waals surface area contributed by atoms with E-state index in [4.69, 9.17) is 4.42 Å². The van der Waals surface area contributed by atoms with Crippen molar-refractivity contribution in [1.29, 1.82) is 0 Å². The van der Waals surface area contributed by atoms with E-state index in [1.165, 1.54) is 40.9 Å². The molecule has 0 bridgehead atoms. The molecule has 0 N–H and O–H groups in total. The number of carbonyl (C=O) groups excluding carboxylic acids is 2. The van der Waals surface area contributed by atoms with Crippen molar-refractivity contribution < 1.29 is 18.9 Å². The van der Waals surface area contributed by atoms with Gasteiger partial charge in [-0.25, -0.2) is 4.90 Å². The number of hydrogen-bond acceptors (Lipinski definition) is 6. The number of nitro benzene ring substituents is 1. The summed E-state index contributed by atoms with van der Waals surface area (Å²) in [6.07, 6.45) is 1.55. The van der Waals surface area contributed by atoms with Crippen LogP contribution in [-0.4, -0.2) is 16.7 Å². The number of rotatable bonds is 6. The number of furan rings is 1. The smallest absolute Gasteiger partial charge is 0.272 e. The van der Waals surface area contributed by atoms with Gasteiger partial charge in [0.15, 0.2) is 0 Å². The first-order valence-electron chi connectivity index (χ1n) is 9.47. The summed E-state index contributed by atoms with van der Waals surface area (Å²) in [5, 5.41) is 11.0. The highest BCUT2D eigenvalue weighted by Crippen LogP contribution is 2.41. The molecule has 8 heteroatoms. The van der Waals surface area contributed by atoms with E-state index in [9.17, 15) is 19.7 Å². The summed E-state index contributed by atoms with van der Waals surface area (Å²) in [6, 6.07) is 14.7. The number of thioether (sulfide) groups is 1. The topological polar surface area (TPSA) is 93.7 Å². The fraction of sp³-hybridized carbons (Fsp3) is 0.130. The molecule has 31 heavy (non-hydrogen) atoms. The molecule has 0 atom stereocenters. The first-order valence-corrected chi connectivity index (χ1v) is 10.5. The van der Waals surface area contributed by atoms with E-state index in [-0.39, 0.29) is 16.2 Å². The van der Waals surface area contributed by atoms with E-state index >= 15 is 0 Å². The maximum Gasteiger partial charge on any atom is 0.272 e. The minimum atomic E-state index is -0.505. The number of benzene rings is 2. The molecular formula is C23H18N2O5S. The first kappa shape index (κ1) is 20.6. The van der Waals surface area contributed by atoms with Gasteiger partial charge in [0.2, 0.25) is 0 Å². The molecule has 0 radical (unpaired) electrons. The normalized spacial score (nSPS) is 13.9. The van der Waals surface area contributed by atoms with Crippen molar-refractivity contribution in [3.8, 4) is 0 Å². The fourth-order valence-corrected chi connectivity index (χ4v) is 4.40. The second-order valence-electron chi connectivity index (χ2n) is 7.04. The van der Waals surface area contributed by atoms with Crippen LogP contribution >= 0.6 is 11.8 Å². The lowest BCUT2D eigenvalue weighted by molar-refractivity contribution is -0.384. The largest absolute Gasteiger partial charge is 0.468 e. The zero-order valence-corrected chi connectivity index (χ0v) is 17.6. The van der Waals surface area contributed by atoms with E-state index in [0.29, 0.717) is 22.8 Å². The highest BCUT2D eigenvalue weighted by atomic mass is 32.2. The Morgan fingerprint density at radius 2 is 1.74 bits per heavy atom. The van der Waals surface area contributed by atoms with Crippen LogP contribution in [0.3, 0.4) is 0 Å². The standard InChI is InChI=1S/C23H18N2O5S/c1-14-5-3-7-19(15(14)2)24-22(26)20(16-8-10-17(11-9-16)25(28)29)21(23(24)27)31-13-18-6-4-12-30-18/h3-12H,13H2,1-2H3. The molecule has 0 unspecified atom stereocenters. The van der Waals surface area contributed by atoms with Crippen LogP contribution in [0.15, 0.2) is 70.2 Å². The van der Waals surface area contributed by atoms with E-state index in [0.717, 1.165) is 11.1 Å². The molecule has 0 fully saturated rings. The van der Waals surface area contributed by atoms with Crippen LogP contribution in [0.5, 0.6) is 0 Å². The van der Waals surface area contributed by atoms with Crippen LogP contribution in [0, 0.1) is 24.0 Å². The van der Waals surface area contributed by atoms with Gasteiger partial charge in [0.25, 0.3) is 17.5 Å². The Hall–Kier alpha value is -3.65. The molecule has 4 rings (SSSR count). The number of amides is 2. The predicted molar refractivity (Wildman–Crippen MR) is 118 cm³/mol. The second kappa shape index (κ2) is 8.23. The van der Waals surface area contributed by atoms with Gasteiger partial charge in [0, 0.05) is 12.1 Å². The lowest BCUT2D eigenvalue weighted by atomic mass is 10.0.